The number of benzene rings is 1. The zero-order valence-corrected chi connectivity index (χ0v) is 18.2. The Bertz CT molecular complexity index is 1120. The molecule has 9 heteroatoms. The van der Waals surface area contributed by atoms with Crippen molar-refractivity contribution >= 4 is 29.0 Å². The zero-order valence-electron chi connectivity index (χ0n) is 18.2. The molecule has 2 atom stereocenters. The van der Waals surface area contributed by atoms with Crippen molar-refractivity contribution < 1.29 is 24.0 Å². The van der Waals surface area contributed by atoms with E-state index in [2.05, 4.69) is 15.5 Å². The smallest absolute Gasteiger partial charge is 0.266 e. The van der Waals surface area contributed by atoms with E-state index in [0.717, 1.165) is 5.56 Å². The maximum absolute atomic E-state index is 13.1. The largest absolute Gasteiger partial charge is 0.479 e. The van der Waals surface area contributed by atoms with E-state index in [-0.39, 0.29) is 23.5 Å². The minimum Gasteiger partial charge on any atom is -0.479 e. The first-order chi connectivity index (χ1) is 16.0. The number of pyridine rings is 1. The van der Waals surface area contributed by atoms with E-state index in [1.165, 1.54) is 0 Å². The fraction of sp³-hybridized carbons (Fsp3) is 0.375. The summed E-state index contributed by atoms with van der Waals surface area (Å²) in [7, 11) is 0. The molecular formula is C24H24N4O5. The van der Waals surface area contributed by atoms with E-state index in [1.807, 2.05) is 12.1 Å². The van der Waals surface area contributed by atoms with Gasteiger partial charge in [0.15, 0.2) is 11.9 Å². The third-order valence-electron chi connectivity index (χ3n) is 6.31. The molecule has 2 amide bonds. The lowest BCUT2D eigenvalue weighted by Crippen LogP contribution is -2.45. The van der Waals surface area contributed by atoms with Gasteiger partial charge in [-0.15, -0.1) is 0 Å². The van der Waals surface area contributed by atoms with Crippen LogP contribution in [-0.2, 0) is 14.4 Å². The molecule has 0 bridgehead atoms. The number of anilines is 1. The molecule has 9 nitrogen and oxygen atoms in total. The second-order valence-electron chi connectivity index (χ2n) is 8.50. The third kappa shape index (κ3) is 4.18. The first-order valence-corrected chi connectivity index (χ1v) is 11.1. The first-order valence-electron chi connectivity index (χ1n) is 11.1. The molecule has 3 aliphatic heterocycles. The van der Waals surface area contributed by atoms with E-state index in [4.69, 9.17) is 9.57 Å². The molecule has 33 heavy (non-hydrogen) atoms. The number of nitrogens with one attached hydrogen (secondary N) is 1. The highest BCUT2D eigenvalue weighted by atomic mass is 16.6. The highest BCUT2D eigenvalue weighted by molar-refractivity contribution is 6.04. The molecular weight excluding hydrogens is 424 g/mol. The highest BCUT2D eigenvalue weighted by Crippen LogP contribution is 2.32. The summed E-state index contributed by atoms with van der Waals surface area (Å²) in [6.45, 7) is 2.65. The number of carbonyl (C=O) groups is 3. The van der Waals surface area contributed by atoms with Crippen molar-refractivity contribution in [2.75, 3.05) is 18.4 Å². The quantitative estimate of drug-likeness (QED) is 0.720. The van der Waals surface area contributed by atoms with Gasteiger partial charge in [0.1, 0.15) is 5.75 Å². The lowest BCUT2D eigenvalue weighted by molar-refractivity contribution is -0.143. The van der Waals surface area contributed by atoms with Crippen LogP contribution in [0.2, 0.25) is 0 Å². The van der Waals surface area contributed by atoms with Gasteiger partial charge in [-0.3, -0.25) is 19.4 Å². The Morgan fingerprint density at radius 1 is 1.18 bits per heavy atom. The fourth-order valence-corrected chi connectivity index (χ4v) is 4.38. The number of Topliss-reactive ketones (excluding diaryl/α,β-unsaturated/α-hetero) is 1. The van der Waals surface area contributed by atoms with E-state index in [1.54, 1.807) is 42.4 Å². The van der Waals surface area contributed by atoms with E-state index in [9.17, 15) is 14.4 Å². The number of hydrogen-bond acceptors (Lipinski definition) is 7. The summed E-state index contributed by atoms with van der Waals surface area (Å²) in [5.41, 5.74) is 2.60. The number of amides is 2. The van der Waals surface area contributed by atoms with Gasteiger partial charge in [0.05, 0.1) is 11.4 Å². The van der Waals surface area contributed by atoms with Crippen molar-refractivity contribution in [2.45, 2.75) is 38.4 Å². The molecule has 5 rings (SSSR count). The Hall–Kier alpha value is -3.75. The average Bonchev–Trinajstić information content (AvgIpc) is 3.35. The summed E-state index contributed by atoms with van der Waals surface area (Å²) in [5.74, 6) is 0.0496. The molecule has 1 aromatic heterocycles. The number of rotatable bonds is 4. The Kier molecular flexibility index (Phi) is 5.53. The van der Waals surface area contributed by atoms with Gasteiger partial charge in [0, 0.05) is 48.9 Å². The Morgan fingerprint density at radius 3 is 2.76 bits per heavy atom. The van der Waals surface area contributed by atoms with Gasteiger partial charge in [0.2, 0.25) is 6.10 Å². The summed E-state index contributed by atoms with van der Waals surface area (Å²) in [4.78, 5) is 49.1. The fourth-order valence-electron chi connectivity index (χ4n) is 4.38. The lowest BCUT2D eigenvalue weighted by atomic mass is 9.88. The molecule has 0 aliphatic carbocycles. The van der Waals surface area contributed by atoms with Gasteiger partial charge >= 0.3 is 0 Å². The SMILES string of the molecule is CC1Oc2ccc(C(=O)C3CCN(C(=O)C4CC(c5cccnc5)=NO4)CC3)cc2NC1=O. The summed E-state index contributed by atoms with van der Waals surface area (Å²) >= 11 is 0. The van der Waals surface area contributed by atoms with Crippen molar-refractivity contribution in [3.8, 4) is 5.75 Å². The summed E-state index contributed by atoms with van der Waals surface area (Å²) in [6.07, 6.45) is 3.74. The van der Waals surface area contributed by atoms with Gasteiger partial charge in [-0.2, -0.15) is 0 Å². The molecule has 1 aromatic carbocycles. The third-order valence-corrected chi connectivity index (χ3v) is 6.31. The van der Waals surface area contributed by atoms with Crippen LogP contribution < -0.4 is 10.1 Å². The van der Waals surface area contributed by atoms with Crippen molar-refractivity contribution in [1.82, 2.24) is 9.88 Å². The summed E-state index contributed by atoms with van der Waals surface area (Å²) in [6, 6.07) is 8.82. The van der Waals surface area contributed by atoms with Crippen LogP contribution in [0.25, 0.3) is 0 Å². The average molecular weight is 448 g/mol. The molecule has 1 fully saturated rings. The number of ether oxygens (including phenoxy) is 1. The van der Waals surface area contributed by atoms with Gasteiger partial charge in [-0.25, -0.2) is 0 Å². The number of nitrogens with zero attached hydrogens (tertiary/aromatic N) is 3. The highest BCUT2D eigenvalue weighted by Gasteiger charge is 2.36. The van der Waals surface area contributed by atoms with E-state index >= 15 is 0 Å². The van der Waals surface area contributed by atoms with Crippen molar-refractivity contribution in [3.63, 3.8) is 0 Å². The maximum atomic E-state index is 13.1. The Morgan fingerprint density at radius 2 is 2.00 bits per heavy atom. The van der Waals surface area contributed by atoms with Crippen LogP contribution in [0.5, 0.6) is 5.75 Å². The number of carbonyl (C=O) groups excluding carboxylic acids is 3. The lowest BCUT2D eigenvalue weighted by Gasteiger charge is -2.32. The van der Waals surface area contributed by atoms with Crippen molar-refractivity contribution in [2.24, 2.45) is 11.1 Å². The van der Waals surface area contributed by atoms with Gasteiger partial charge in [-0.05, 0) is 50.1 Å². The molecule has 0 saturated carbocycles. The number of ketones is 1. The normalized spacial score (nSPS) is 22.5. The molecule has 0 radical (unpaired) electrons. The molecule has 4 heterocycles. The minimum atomic E-state index is -0.640. The molecule has 3 aliphatic rings. The molecule has 2 unspecified atom stereocenters. The van der Waals surface area contributed by atoms with Gasteiger partial charge in [-0.1, -0.05) is 5.16 Å². The second kappa shape index (κ2) is 8.65. The zero-order chi connectivity index (χ0) is 22.9. The van der Waals surface area contributed by atoms with Crippen LogP contribution in [0.3, 0.4) is 0 Å². The van der Waals surface area contributed by atoms with Crippen molar-refractivity contribution in [3.05, 3.63) is 53.9 Å². The molecule has 1 saturated heterocycles. The molecule has 170 valence electrons. The van der Waals surface area contributed by atoms with E-state index < -0.39 is 12.2 Å². The topological polar surface area (TPSA) is 110 Å². The van der Waals surface area contributed by atoms with Gasteiger partial charge < -0.3 is 19.8 Å². The second-order valence-corrected chi connectivity index (χ2v) is 8.50. The Labute approximate surface area is 190 Å². The number of hydrogen-bond donors (Lipinski definition) is 1. The van der Waals surface area contributed by atoms with Gasteiger partial charge in [0.25, 0.3) is 11.8 Å². The number of aromatic nitrogens is 1. The maximum Gasteiger partial charge on any atom is 0.266 e. The number of likely N-dealkylation sites (tertiary alicyclic amines) is 1. The van der Waals surface area contributed by atoms with Crippen LogP contribution in [-0.4, -0.2) is 58.5 Å². The predicted octanol–water partition coefficient (Wildman–Crippen LogP) is 2.42. The molecule has 2 aromatic rings. The van der Waals surface area contributed by atoms with Crippen LogP contribution in [0, 0.1) is 5.92 Å². The number of piperidine rings is 1. The van der Waals surface area contributed by atoms with Crippen LogP contribution in [0.4, 0.5) is 5.69 Å². The van der Waals surface area contributed by atoms with Crippen LogP contribution in [0.1, 0.15) is 42.1 Å². The first kappa shape index (κ1) is 21.1. The molecule has 0 spiro atoms. The molecule has 1 N–H and O–H groups in total. The summed E-state index contributed by atoms with van der Waals surface area (Å²) in [5, 5.41) is 6.84. The van der Waals surface area contributed by atoms with Crippen molar-refractivity contribution in [1.29, 1.82) is 0 Å². The Balaban J connectivity index is 1.17. The summed E-state index contributed by atoms with van der Waals surface area (Å²) < 4.78 is 5.56. The van der Waals surface area contributed by atoms with Crippen LogP contribution in [0.15, 0.2) is 47.9 Å². The number of fused-ring (bicyclic) bond motifs is 1. The minimum absolute atomic E-state index is 0.0112. The van der Waals surface area contributed by atoms with E-state index in [0.29, 0.717) is 55.1 Å². The van der Waals surface area contributed by atoms with Crippen LogP contribution >= 0.6 is 0 Å². The standard InChI is InChI=1S/C24H24N4O5/c1-14-23(30)26-19-11-16(4-5-20(19)32-14)22(29)15-6-9-28(10-7-15)24(31)21-12-18(27-33-21)17-3-2-8-25-13-17/h2-5,8,11,13-15,21H,6-7,9-10,12H2,1H3,(H,26,30). The predicted molar refractivity (Wildman–Crippen MR) is 119 cm³/mol. The monoisotopic (exact) mass is 448 g/mol. The number of oxime groups is 1.